The molecule has 0 saturated heterocycles. The second kappa shape index (κ2) is 12.9. The van der Waals surface area contributed by atoms with Gasteiger partial charge in [0, 0.05) is 30.9 Å². The monoisotopic (exact) mass is 531 g/mol. The normalized spacial score (nSPS) is 10.5. The highest BCUT2D eigenvalue weighted by Gasteiger charge is 2.16. The predicted molar refractivity (Wildman–Crippen MR) is 129 cm³/mol. The van der Waals surface area contributed by atoms with E-state index in [0.717, 1.165) is 11.3 Å². The number of ether oxygens (including phenoxy) is 5. The van der Waals surface area contributed by atoms with E-state index < -0.39 is 0 Å². The summed E-state index contributed by atoms with van der Waals surface area (Å²) < 4.78 is 27.2. The average molecular weight is 531 g/mol. The fourth-order valence-corrected chi connectivity index (χ4v) is 2.82. The molecule has 8 nitrogen and oxygen atoms in total. The summed E-state index contributed by atoms with van der Waals surface area (Å²) in [4.78, 5) is 4.27. The minimum absolute atomic E-state index is 0. The Bertz CT molecular complexity index is 846. The van der Waals surface area contributed by atoms with Gasteiger partial charge in [0.05, 0.1) is 35.0 Å². The van der Waals surface area contributed by atoms with Crippen LogP contribution >= 0.6 is 24.0 Å². The Kier molecular flexibility index (Phi) is 10.9. The summed E-state index contributed by atoms with van der Waals surface area (Å²) in [6, 6.07) is 9.37. The number of hydrogen-bond donors (Lipinski definition) is 2. The van der Waals surface area contributed by atoms with E-state index in [1.807, 2.05) is 37.3 Å². The molecule has 30 heavy (non-hydrogen) atoms. The van der Waals surface area contributed by atoms with Crippen molar-refractivity contribution in [3.8, 4) is 28.7 Å². The highest BCUT2D eigenvalue weighted by Crippen LogP contribution is 2.39. The maximum absolute atomic E-state index is 5.55. The van der Waals surface area contributed by atoms with E-state index in [1.54, 1.807) is 35.5 Å². The van der Waals surface area contributed by atoms with Crippen LogP contribution in [0.15, 0.2) is 35.3 Å². The Labute approximate surface area is 194 Å². The summed E-state index contributed by atoms with van der Waals surface area (Å²) in [5.41, 5.74) is 1.72. The topological polar surface area (TPSA) is 82.6 Å². The van der Waals surface area contributed by atoms with Crippen molar-refractivity contribution in [3.05, 3.63) is 35.9 Å². The van der Waals surface area contributed by atoms with Crippen molar-refractivity contribution >= 4 is 35.6 Å². The molecule has 0 aliphatic heterocycles. The summed E-state index contributed by atoms with van der Waals surface area (Å²) >= 11 is 0. The molecule has 0 heterocycles. The number of halogens is 1. The van der Waals surface area contributed by atoms with E-state index in [4.69, 9.17) is 23.7 Å². The minimum atomic E-state index is 0. The van der Waals surface area contributed by atoms with Crippen LogP contribution < -0.4 is 34.3 Å². The van der Waals surface area contributed by atoms with Crippen molar-refractivity contribution in [2.45, 2.75) is 13.5 Å². The molecular weight excluding hydrogens is 501 g/mol. The molecule has 2 aromatic rings. The van der Waals surface area contributed by atoms with Gasteiger partial charge >= 0.3 is 0 Å². The molecule has 2 N–H and O–H groups in total. The molecule has 0 bridgehead atoms. The maximum atomic E-state index is 5.55. The van der Waals surface area contributed by atoms with Crippen LogP contribution in [0, 0.1) is 0 Å². The van der Waals surface area contributed by atoms with Crippen molar-refractivity contribution in [2.75, 3.05) is 47.4 Å². The molecule has 0 aliphatic rings. The van der Waals surface area contributed by atoms with Crippen molar-refractivity contribution in [2.24, 2.45) is 4.99 Å². The maximum Gasteiger partial charge on any atom is 0.203 e. The number of methoxy groups -OCH3 is 4. The van der Waals surface area contributed by atoms with Crippen molar-refractivity contribution in [1.29, 1.82) is 0 Å². The fraction of sp³-hybridized carbons (Fsp3) is 0.381. The Morgan fingerprint density at radius 1 is 0.867 bits per heavy atom. The third kappa shape index (κ3) is 6.22. The van der Waals surface area contributed by atoms with Crippen LogP contribution in [0.2, 0.25) is 0 Å². The van der Waals surface area contributed by atoms with E-state index in [1.165, 1.54) is 0 Å². The van der Waals surface area contributed by atoms with E-state index in [0.29, 0.717) is 47.9 Å². The second-order valence-electron chi connectivity index (χ2n) is 5.84. The minimum Gasteiger partial charge on any atom is -0.493 e. The van der Waals surface area contributed by atoms with Crippen LogP contribution in [0.25, 0.3) is 0 Å². The number of benzene rings is 2. The molecule has 0 aromatic heterocycles. The van der Waals surface area contributed by atoms with Gasteiger partial charge in [-0.25, -0.2) is 0 Å². The summed E-state index contributed by atoms with van der Waals surface area (Å²) in [5, 5.41) is 6.50. The van der Waals surface area contributed by atoms with Crippen molar-refractivity contribution < 1.29 is 23.7 Å². The Hall–Kier alpha value is -2.56. The lowest BCUT2D eigenvalue weighted by molar-refractivity contribution is 0.311. The van der Waals surface area contributed by atoms with Gasteiger partial charge in [-0.15, -0.1) is 24.0 Å². The first kappa shape index (κ1) is 25.5. The zero-order valence-electron chi connectivity index (χ0n) is 18.2. The van der Waals surface area contributed by atoms with E-state index in [2.05, 4.69) is 15.6 Å². The number of nitrogens with one attached hydrogen (secondary N) is 2. The van der Waals surface area contributed by atoms with Crippen molar-refractivity contribution in [1.82, 2.24) is 5.32 Å². The first-order valence-corrected chi connectivity index (χ1v) is 9.18. The van der Waals surface area contributed by atoms with Gasteiger partial charge in [0.1, 0.15) is 0 Å². The molecular formula is C21H30IN3O5. The molecule has 0 unspecified atom stereocenters. The molecule has 9 heteroatoms. The van der Waals surface area contributed by atoms with Crippen LogP contribution in [0.4, 0.5) is 5.69 Å². The summed E-state index contributed by atoms with van der Waals surface area (Å²) in [6.07, 6.45) is 0. The molecule has 0 amide bonds. The Morgan fingerprint density at radius 2 is 1.53 bits per heavy atom. The number of aliphatic imine (C=N–C) groups is 1. The number of rotatable bonds is 9. The highest BCUT2D eigenvalue weighted by molar-refractivity contribution is 14.0. The van der Waals surface area contributed by atoms with Crippen LogP contribution in [0.3, 0.4) is 0 Å². The number of anilines is 1. The van der Waals surface area contributed by atoms with Gasteiger partial charge in [-0.05, 0) is 31.2 Å². The Morgan fingerprint density at radius 3 is 2.10 bits per heavy atom. The summed E-state index contributed by atoms with van der Waals surface area (Å²) in [5.74, 6) is 3.70. The van der Waals surface area contributed by atoms with Crippen LogP contribution in [0.1, 0.15) is 12.5 Å². The van der Waals surface area contributed by atoms with Gasteiger partial charge in [-0.2, -0.15) is 0 Å². The average Bonchev–Trinajstić information content (AvgIpc) is 2.76. The molecule has 0 atom stereocenters. The molecule has 166 valence electrons. The summed E-state index contributed by atoms with van der Waals surface area (Å²) in [7, 11) is 8.08. The molecule has 2 rings (SSSR count). The predicted octanol–water partition coefficient (Wildman–Crippen LogP) is 3.93. The van der Waals surface area contributed by atoms with Gasteiger partial charge in [-0.1, -0.05) is 0 Å². The van der Waals surface area contributed by atoms with Gasteiger partial charge in [0.25, 0.3) is 0 Å². The van der Waals surface area contributed by atoms with Gasteiger partial charge < -0.3 is 34.3 Å². The van der Waals surface area contributed by atoms with Crippen molar-refractivity contribution in [3.63, 3.8) is 0 Å². The molecule has 2 aromatic carbocycles. The first-order valence-electron chi connectivity index (χ1n) is 9.18. The lowest BCUT2D eigenvalue weighted by atomic mass is 10.1. The molecule has 0 aliphatic carbocycles. The van der Waals surface area contributed by atoms with Gasteiger partial charge in [0.15, 0.2) is 29.0 Å². The zero-order valence-corrected chi connectivity index (χ0v) is 20.5. The quantitative estimate of drug-likeness (QED) is 0.288. The largest absolute Gasteiger partial charge is 0.493 e. The van der Waals surface area contributed by atoms with E-state index in [9.17, 15) is 0 Å². The lowest BCUT2D eigenvalue weighted by Gasteiger charge is -2.18. The zero-order chi connectivity index (χ0) is 21.2. The SMILES string of the molecule is CCOc1ccc(NC(=NC)NCc2ccc(OC)c(OC)c2OC)cc1OC.I. The number of guanidine groups is 1. The first-order chi connectivity index (χ1) is 14.1. The molecule has 0 saturated carbocycles. The standard InChI is InChI=1S/C21H29N3O5.HI/c1-7-29-16-11-9-15(12-18(16)26-4)24-21(22-2)23-13-14-8-10-17(25-3)20(28-6)19(14)27-5;/h8-12H,7,13H2,1-6H3,(H2,22,23,24);1H. The van der Waals surface area contributed by atoms with E-state index in [-0.39, 0.29) is 24.0 Å². The molecule has 0 fully saturated rings. The number of hydrogen-bond acceptors (Lipinski definition) is 6. The smallest absolute Gasteiger partial charge is 0.203 e. The summed E-state index contributed by atoms with van der Waals surface area (Å²) in [6.45, 7) is 2.97. The Balaban J connectivity index is 0.00000450. The second-order valence-corrected chi connectivity index (χ2v) is 5.84. The molecule has 0 spiro atoms. The molecule has 0 radical (unpaired) electrons. The van der Waals surface area contributed by atoms with Crippen LogP contribution in [-0.4, -0.2) is 48.1 Å². The fourth-order valence-electron chi connectivity index (χ4n) is 2.82. The third-order valence-corrected chi connectivity index (χ3v) is 4.18. The highest BCUT2D eigenvalue weighted by atomic mass is 127. The number of nitrogens with zero attached hydrogens (tertiary/aromatic N) is 1. The van der Waals surface area contributed by atoms with E-state index >= 15 is 0 Å². The lowest BCUT2D eigenvalue weighted by Crippen LogP contribution is -2.30. The van der Waals surface area contributed by atoms with Gasteiger partial charge in [0.2, 0.25) is 5.75 Å². The van der Waals surface area contributed by atoms with Crippen LogP contribution in [0.5, 0.6) is 28.7 Å². The third-order valence-electron chi connectivity index (χ3n) is 4.18. The van der Waals surface area contributed by atoms with Crippen LogP contribution in [-0.2, 0) is 6.54 Å². The van der Waals surface area contributed by atoms with Gasteiger partial charge in [-0.3, -0.25) is 4.99 Å².